The Bertz CT molecular complexity index is 182. The van der Waals surface area contributed by atoms with Gasteiger partial charge in [0.25, 0.3) is 0 Å². The Morgan fingerprint density at radius 1 is 1.23 bits per heavy atom. The molecule has 0 aromatic rings. The third-order valence-electron chi connectivity index (χ3n) is 2.60. The number of thioether (sulfide) groups is 1. The largest absolute Gasteiger partial charge is 0.350 e. The quantitative estimate of drug-likeness (QED) is 0.762. The molecule has 0 saturated carbocycles. The van der Waals surface area contributed by atoms with Crippen molar-refractivity contribution in [2.24, 2.45) is 5.41 Å². The summed E-state index contributed by atoms with van der Waals surface area (Å²) in [5.74, 6) is 0.659. The van der Waals surface area contributed by atoms with Crippen LogP contribution in [0.2, 0.25) is 0 Å². The van der Waals surface area contributed by atoms with Gasteiger partial charge >= 0.3 is 0 Å². The maximum atomic E-state index is 11.4. The van der Waals surface area contributed by atoms with Crippen LogP contribution in [0, 0.1) is 5.41 Å². The zero-order chi connectivity index (χ0) is 10.7. The Balaban J connectivity index is 4.26. The lowest BCUT2D eigenvalue weighted by atomic mass is 9.76. The molecule has 0 aromatic heterocycles. The Hall–Kier alpha value is -0.180. The zero-order valence-electron chi connectivity index (χ0n) is 9.52. The summed E-state index contributed by atoms with van der Waals surface area (Å²) in [5, 5.41) is 3.04. The highest BCUT2D eigenvalue weighted by Crippen LogP contribution is 2.29. The van der Waals surface area contributed by atoms with E-state index in [0.29, 0.717) is 5.75 Å². The van der Waals surface area contributed by atoms with Gasteiger partial charge in [0.2, 0.25) is 5.91 Å². The highest BCUT2D eigenvalue weighted by Gasteiger charge is 2.33. The maximum Gasteiger partial charge on any atom is 0.230 e. The van der Waals surface area contributed by atoms with Crippen molar-refractivity contribution < 1.29 is 4.79 Å². The molecule has 1 N–H and O–H groups in total. The molecule has 0 fully saturated rings. The van der Waals surface area contributed by atoms with Crippen LogP contribution in [0.4, 0.5) is 0 Å². The molecule has 3 heteroatoms. The minimum atomic E-state index is -0.153. The van der Waals surface area contributed by atoms with Crippen LogP contribution < -0.4 is 5.32 Å². The third kappa shape index (κ3) is 4.03. The van der Waals surface area contributed by atoms with E-state index in [1.807, 2.05) is 6.26 Å². The molecule has 0 rings (SSSR count). The summed E-state index contributed by atoms with van der Waals surface area (Å²) in [4.78, 5) is 11.4. The molecular formula is C10H21NOS. The molecule has 0 unspecified atom stereocenters. The van der Waals surface area contributed by atoms with E-state index in [4.69, 9.17) is 0 Å². The second kappa shape index (κ2) is 4.36. The lowest BCUT2D eigenvalue weighted by molar-refractivity contribution is -0.121. The van der Waals surface area contributed by atoms with Gasteiger partial charge in [0.1, 0.15) is 0 Å². The molecule has 0 aliphatic rings. The summed E-state index contributed by atoms with van der Waals surface area (Å²) in [6.45, 7) is 10.5. The molecule has 13 heavy (non-hydrogen) atoms. The standard InChI is InChI=1S/C10H21NOS/c1-9(2,3)10(4,5)11-8(12)7-13-6/h7H2,1-6H3,(H,11,12). The van der Waals surface area contributed by atoms with E-state index in [2.05, 4.69) is 39.9 Å². The van der Waals surface area contributed by atoms with Gasteiger partial charge in [0, 0.05) is 5.54 Å². The highest BCUT2D eigenvalue weighted by atomic mass is 32.2. The van der Waals surface area contributed by atoms with Gasteiger partial charge in [-0.05, 0) is 25.5 Å². The fourth-order valence-electron chi connectivity index (χ4n) is 0.703. The number of amides is 1. The molecule has 0 aromatic carbocycles. The minimum absolute atomic E-state index is 0.0844. The summed E-state index contributed by atoms with van der Waals surface area (Å²) < 4.78 is 0. The van der Waals surface area contributed by atoms with Gasteiger partial charge in [0.15, 0.2) is 0 Å². The third-order valence-corrected chi connectivity index (χ3v) is 3.15. The number of hydrogen-bond donors (Lipinski definition) is 1. The Kier molecular flexibility index (Phi) is 4.30. The van der Waals surface area contributed by atoms with Crippen molar-refractivity contribution in [1.82, 2.24) is 5.32 Å². The first-order chi connectivity index (χ1) is 5.70. The number of hydrogen-bond acceptors (Lipinski definition) is 2. The van der Waals surface area contributed by atoms with Gasteiger partial charge in [-0.2, -0.15) is 11.8 Å². The molecule has 0 aliphatic carbocycles. The predicted molar refractivity (Wildman–Crippen MR) is 60.1 cm³/mol. The second-order valence-corrected chi connectivity index (χ2v) is 5.72. The van der Waals surface area contributed by atoms with E-state index in [1.54, 1.807) is 11.8 Å². The molecule has 78 valence electrons. The maximum absolute atomic E-state index is 11.4. The molecule has 2 nitrogen and oxygen atoms in total. The zero-order valence-corrected chi connectivity index (χ0v) is 10.3. The first-order valence-corrected chi connectivity index (χ1v) is 5.90. The lowest BCUT2D eigenvalue weighted by Gasteiger charge is -2.39. The van der Waals surface area contributed by atoms with Crippen LogP contribution in [-0.2, 0) is 4.79 Å². The molecule has 0 bridgehead atoms. The fourth-order valence-corrected chi connectivity index (χ4v) is 1.04. The van der Waals surface area contributed by atoms with Gasteiger partial charge in [-0.25, -0.2) is 0 Å². The summed E-state index contributed by atoms with van der Waals surface area (Å²) in [5.41, 5.74) is -0.0686. The molecule has 0 atom stereocenters. The van der Waals surface area contributed by atoms with Gasteiger partial charge in [-0.1, -0.05) is 20.8 Å². The summed E-state index contributed by atoms with van der Waals surface area (Å²) >= 11 is 1.55. The van der Waals surface area contributed by atoms with Gasteiger partial charge in [-0.3, -0.25) is 4.79 Å². The first kappa shape index (κ1) is 12.8. The number of nitrogens with one attached hydrogen (secondary N) is 1. The average molecular weight is 203 g/mol. The van der Waals surface area contributed by atoms with E-state index in [1.165, 1.54) is 0 Å². The van der Waals surface area contributed by atoms with E-state index >= 15 is 0 Å². The molecule has 0 spiro atoms. The molecule has 0 aliphatic heterocycles. The monoisotopic (exact) mass is 203 g/mol. The van der Waals surface area contributed by atoms with Crippen LogP contribution in [0.25, 0.3) is 0 Å². The summed E-state index contributed by atoms with van der Waals surface area (Å²) in [7, 11) is 0. The van der Waals surface area contributed by atoms with E-state index in [9.17, 15) is 4.79 Å². The van der Waals surface area contributed by atoms with Gasteiger partial charge in [0.05, 0.1) is 5.75 Å². The van der Waals surface area contributed by atoms with E-state index < -0.39 is 0 Å². The minimum Gasteiger partial charge on any atom is -0.350 e. The van der Waals surface area contributed by atoms with Crippen LogP contribution in [0.15, 0.2) is 0 Å². The van der Waals surface area contributed by atoms with Crippen molar-refractivity contribution in [3.63, 3.8) is 0 Å². The Morgan fingerprint density at radius 2 is 1.69 bits per heavy atom. The lowest BCUT2D eigenvalue weighted by Crippen LogP contribution is -2.53. The average Bonchev–Trinajstić information content (AvgIpc) is 1.83. The SMILES string of the molecule is CSCC(=O)NC(C)(C)C(C)(C)C. The van der Waals surface area contributed by atoms with Crippen molar-refractivity contribution in [3.05, 3.63) is 0 Å². The number of rotatable bonds is 3. The van der Waals surface area contributed by atoms with Crippen molar-refractivity contribution in [1.29, 1.82) is 0 Å². The normalized spacial score (nSPS) is 12.8. The topological polar surface area (TPSA) is 29.1 Å². The van der Waals surface area contributed by atoms with Crippen molar-refractivity contribution in [2.75, 3.05) is 12.0 Å². The molecule has 0 saturated heterocycles. The van der Waals surface area contributed by atoms with Gasteiger partial charge in [-0.15, -0.1) is 0 Å². The molecule has 0 radical (unpaired) electrons. The predicted octanol–water partition coefficient (Wildman–Crippen LogP) is 2.29. The van der Waals surface area contributed by atoms with E-state index in [-0.39, 0.29) is 16.9 Å². The van der Waals surface area contributed by atoms with Crippen LogP contribution in [-0.4, -0.2) is 23.5 Å². The smallest absolute Gasteiger partial charge is 0.230 e. The number of carbonyl (C=O) groups is 1. The second-order valence-electron chi connectivity index (χ2n) is 4.86. The van der Waals surface area contributed by atoms with Crippen LogP contribution in [0.5, 0.6) is 0 Å². The number of carbonyl (C=O) groups excluding carboxylic acids is 1. The van der Waals surface area contributed by atoms with Crippen LogP contribution in [0.3, 0.4) is 0 Å². The summed E-state index contributed by atoms with van der Waals surface area (Å²) in [6.07, 6.45) is 1.93. The van der Waals surface area contributed by atoms with E-state index in [0.717, 1.165) is 0 Å². The van der Waals surface area contributed by atoms with Crippen molar-refractivity contribution in [2.45, 2.75) is 40.2 Å². The van der Waals surface area contributed by atoms with Gasteiger partial charge < -0.3 is 5.32 Å². The van der Waals surface area contributed by atoms with Crippen LogP contribution in [0.1, 0.15) is 34.6 Å². The fraction of sp³-hybridized carbons (Fsp3) is 0.900. The van der Waals surface area contributed by atoms with Crippen molar-refractivity contribution >= 4 is 17.7 Å². The summed E-state index contributed by atoms with van der Waals surface area (Å²) in [6, 6.07) is 0. The Morgan fingerprint density at radius 3 is 2.00 bits per heavy atom. The molecule has 1 amide bonds. The van der Waals surface area contributed by atoms with Crippen LogP contribution >= 0.6 is 11.8 Å². The molecule has 0 heterocycles. The first-order valence-electron chi connectivity index (χ1n) is 4.50. The highest BCUT2D eigenvalue weighted by molar-refractivity contribution is 7.99. The van der Waals surface area contributed by atoms with Crippen molar-refractivity contribution in [3.8, 4) is 0 Å². The molecular weight excluding hydrogens is 182 g/mol. The Labute approximate surface area is 85.9 Å².